The van der Waals surface area contributed by atoms with Crippen LogP contribution in [-0.2, 0) is 0 Å². The molecule has 0 aliphatic carbocycles. The first-order valence-corrected chi connectivity index (χ1v) is 7.77. The van der Waals surface area contributed by atoms with Gasteiger partial charge in [0.25, 0.3) is 0 Å². The van der Waals surface area contributed by atoms with Crippen LogP contribution in [0.5, 0.6) is 0 Å². The lowest BCUT2D eigenvalue weighted by Gasteiger charge is -2.46. The van der Waals surface area contributed by atoms with Crippen LogP contribution in [0.4, 0.5) is 5.69 Å². The first-order chi connectivity index (χ1) is 8.75. The van der Waals surface area contributed by atoms with Crippen molar-refractivity contribution in [1.29, 1.82) is 0 Å². The molecular weight excluding hydrogens is 280 g/mol. The second kappa shape index (κ2) is 5.00. The van der Waals surface area contributed by atoms with E-state index in [4.69, 9.17) is 16.6 Å². The van der Waals surface area contributed by atoms with E-state index in [-0.39, 0.29) is 5.54 Å². The van der Waals surface area contributed by atoms with E-state index < -0.39 is 5.72 Å². The summed E-state index contributed by atoms with van der Waals surface area (Å²) in [6.07, 6.45) is 2.53. The van der Waals surface area contributed by atoms with E-state index in [0.29, 0.717) is 11.4 Å². The van der Waals surface area contributed by atoms with E-state index in [2.05, 4.69) is 0 Å². The lowest BCUT2D eigenvalue weighted by molar-refractivity contribution is 0.0369. The summed E-state index contributed by atoms with van der Waals surface area (Å²) in [6, 6.07) is 7.49. The molecule has 0 radical (unpaired) electrons. The van der Waals surface area contributed by atoms with Crippen molar-refractivity contribution >= 4 is 34.2 Å². The Morgan fingerprint density at radius 1 is 1.37 bits per heavy atom. The lowest BCUT2D eigenvalue weighted by Crippen LogP contribution is -2.56. The Bertz CT molecular complexity index is 514. The molecule has 5 heteroatoms. The van der Waals surface area contributed by atoms with Gasteiger partial charge in [-0.2, -0.15) is 0 Å². The maximum Gasteiger partial charge on any atom is 0.166 e. The summed E-state index contributed by atoms with van der Waals surface area (Å²) in [5.41, 5.74) is -0.383. The van der Waals surface area contributed by atoms with E-state index in [9.17, 15) is 5.11 Å². The Morgan fingerprint density at radius 3 is 2.63 bits per heavy atom. The number of hydrogen-bond acceptors (Lipinski definition) is 4. The quantitative estimate of drug-likeness (QED) is 0.857. The second-order valence-electron chi connectivity index (χ2n) is 5.62. The molecule has 2 rings (SSSR count). The number of nitrogens with zero attached hydrogens (tertiary/aromatic N) is 2. The molecule has 0 amide bonds. The Morgan fingerprint density at radius 2 is 2.05 bits per heavy atom. The summed E-state index contributed by atoms with van der Waals surface area (Å²) in [4.78, 5) is 6.57. The number of thioether (sulfide) groups is 1. The minimum Gasteiger partial charge on any atom is -0.371 e. The Hall–Kier alpha value is -0.710. The third kappa shape index (κ3) is 3.07. The maximum atomic E-state index is 10.8. The molecule has 1 N–H and O–H groups in total. The molecule has 1 aliphatic rings. The molecule has 0 saturated heterocycles. The Kier molecular flexibility index (Phi) is 3.87. The van der Waals surface area contributed by atoms with E-state index in [0.717, 1.165) is 10.9 Å². The van der Waals surface area contributed by atoms with Gasteiger partial charge in [-0.3, -0.25) is 9.89 Å². The maximum absolute atomic E-state index is 10.8. The fraction of sp³-hybridized carbons (Fsp3) is 0.500. The van der Waals surface area contributed by atoms with Gasteiger partial charge in [0.2, 0.25) is 0 Å². The Labute approximate surface area is 123 Å². The van der Waals surface area contributed by atoms with E-state index in [1.807, 2.05) is 56.2 Å². The van der Waals surface area contributed by atoms with Gasteiger partial charge in [0.05, 0.1) is 5.54 Å². The van der Waals surface area contributed by atoms with Gasteiger partial charge in [-0.1, -0.05) is 29.4 Å². The predicted octanol–water partition coefficient (Wildman–Crippen LogP) is 3.76. The van der Waals surface area contributed by atoms with Crippen LogP contribution in [-0.4, -0.2) is 27.8 Å². The molecule has 0 fully saturated rings. The number of rotatable bonds is 1. The molecule has 104 valence electrons. The average molecular weight is 299 g/mol. The number of anilines is 1. The summed E-state index contributed by atoms with van der Waals surface area (Å²) in [7, 11) is 0. The van der Waals surface area contributed by atoms with Crippen molar-refractivity contribution in [3.8, 4) is 0 Å². The van der Waals surface area contributed by atoms with E-state index in [1.54, 1.807) is 0 Å². The molecule has 0 bridgehead atoms. The minimum absolute atomic E-state index is 0.267. The van der Waals surface area contributed by atoms with Gasteiger partial charge in [-0.05, 0) is 45.2 Å². The van der Waals surface area contributed by atoms with Crippen LogP contribution in [0.2, 0.25) is 5.02 Å². The first kappa shape index (κ1) is 14.7. The fourth-order valence-electron chi connectivity index (χ4n) is 2.59. The zero-order valence-electron chi connectivity index (χ0n) is 11.6. The van der Waals surface area contributed by atoms with Crippen LogP contribution < -0.4 is 4.90 Å². The average Bonchev–Trinajstić information content (AvgIpc) is 2.25. The molecule has 3 nitrogen and oxygen atoms in total. The molecule has 19 heavy (non-hydrogen) atoms. The molecule has 1 unspecified atom stereocenters. The molecule has 1 aliphatic heterocycles. The zero-order chi connectivity index (χ0) is 14.3. The highest BCUT2D eigenvalue weighted by Crippen LogP contribution is 2.38. The number of aliphatic hydroxyl groups is 1. The normalized spacial score (nSPS) is 26.2. The van der Waals surface area contributed by atoms with Gasteiger partial charge >= 0.3 is 0 Å². The number of halogens is 1. The fourth-order valence-corrected chi connectivity index (χ4v) is 3.60. The van der Waals surface area contributed by atoms with Crippen molar-refractivity contribution in [3.05, 3.63) is 29.3 Å². The first-order valence-electron chi connectivity index (χ1n) is 6.17. The van der Waals surface area contributed by atoms with Crippen LogP contribution in [0.3, 0.4) is 0 Å². The second-order valence-corrected chi connectivity index (χ2v) is 6.83. The smallest absolute Gasteiger partial charge is 0.166 e. The highest BCUT2D eigenvalue weighted by atomic mass is 35.5. The van der Waals surface area contributed by atoms with Gasteiger partial charge < -0.3 is 5.11 Å². The van der Waals surface area contributed by atoms with Gasteiger partial charge in [-0.15, -0.1) is 0 Å². The number of hydrogen-bond donors (Lipinski definition) is 1. The molecule has 0 spiro atoms. The summed E-state index contributed by atoms with van der Waals surface area (Å²) < 4.78 is 0. The standard InChI is InChI=1S/C14H19ClN2OS/c1-13(2)9-14(3,18)17(12(16-13)19-4)11-7-5-6-10(15)8-11/h5-8,18H,9H2,1-4H3. The van der Waals surface area contributed by atoms with Crippen LogP contribution in [0.1, 0.15) is 27.2 Å². The topological polar surface area (TPSA) is 35.8 Å². The van der Waals surface area contributed by atoms with Gasteiger partial charge in [0, 0.05) is 17.1 Å². The molecule has 1 atom stereocenters. The van der Waals surface area contributed by atoms with Gasteiger partial charge in [0.1, 0.15) is 5.72 Å². The van der Waals surface area contributed by atoms with Crippen LogP contribution in [0, 0.1) is 0 Å². The predicted molar refractivity (Wildman–Crippen MR) is 84.2 cm³/mol. The summed E-state index contributed by atoms with van der Waals surface area (Å²) >= 11 is 7.58. The van der Waals surface area contributed by atoms with Gasteiger partial charge in [-0.25, -0.2) is 0 Å². The number of benzene rings is 1. The highest BCUT2D eigenvalue weighted by molar-refractivity contribution is 8.13. The van der Waals surface area contributed by atoms with Crippen LogP contribution in [0.15, 0.2) is 29.3 Å². The van der Waals surface area contributed by atoms with Crippen molar-refractivity contribution in [2.75, 3.05) is 11.2 Å². The summed E-state index contributed by atoms with van der Waals surface area (Å²) in [6.45, 7) is 5.89. The van der Waals surface area contributed by atoms with Crippen molar-refractivity contribution in [2.45, 2.75) is 38.5 Å². The molecule has 0 saturated carbocycles. The van der Waals surface area contributed by atoms with Crippen molar-refractivity contribution in [2.24, 2.45) is 4.99 Å². The molecule has 0 aromatic heterocycles. The molecule has 1 aromatic rings. The minimum atomic E-state index is -0.978. The third-order valence-electron chi connectivity index (χ3n) is 3.09. The number of aliphatic imine (C=N–C) groups is 1. The van der Waals surface area contributed by atoms with E-state index in [1.165, 1.54) is 11.8 Å². The Balaban J connectivity index is 2.53. The van der Waals surface area contributed by atoms with Crippen molar-refractivity contribution < 1.29 is 5.11 Å². The van der Waals surface area contributed by atoms with Crippen LogP contribution >= 0.6 is 23.4 Å². The van der Waals surface area contributed by atoms with Gasteiger partial charge in [0.15, 0.2) is 5.17 Å². The van der Waals surface area contributed by atoms with Crippen molar-refractivity contribution in [3.63, 3.8) is 0 Å². The third-order valence-corrected chi connectivity index (χ3v) is 3.96. The highest BCUT2D eigenvalue weighted by Gasteiger charge is 2.42. The van der Waals surface area contributed by atoms with E-state index >= 15 is 0 Å². The van der Waals surface area contributed by atoms with Crippen molar-refractivity contribution in [1.82, 2.24) is 0 Å². The molecule has 1 aromatic carbocycles. The van der Waals surface area contributed by atoms with Crippen LogP contribution in [0.25, 0.3) is 0 Å². The summed E-state index contributed by atoms with van der Waals surface area (Å²) in [5, 5.41) is 12.3. The number of amidine groups is 1. The zero-order valence-corrected chi connectivity index (χ0v) is 13.2. The largest absolute Gasteiger partial charge is 0.371 e. The molecule has 1 heterocycles. The lowest BCUT2D eigenvalue weighted by atomic mass is 9.91. The monoisotopic (exact) mass is 298 g/mol. The summed E-state index contributed by atoms with van der Waals surface area (Å²) in [5.74, 6) is 0. The molecular formula is C14H19ClN2OS. The SMILES string of the molecule is CSC1=NC(C)(C)CC(C)(O)N1c1cccc(Cl)c1.